The lowest BCUT2D eigenvalue weighted by Gasteiger charge is -2.32. The van der Waals surface area contributed by atoms with Gasteiger partial charge in [0.05, 0.1) is 6.10 Å². The first-order chi connectivity index (χ1) is 14.2. The number of aryl methyl sites for hydroxylation is 1. The molecule has 0 saturated carbocycles. The molecule has 150 valence electrons. The largest absolute Gasteiger partial charge is 0.373 e. The Morgan fingerprint density at radius 1 is 1.17 bits per heavy atom. The van der Waals surface area contributed by atoms with Gasteiger partial charge >= 0.3 is 0 Å². The molecule has 1 fully saturated rings. The minimum absolute atomic E-state index is 0.0360. The molecule has 2 heterocycles. The molecule has 3 aromatic rings. The first-order valence-corrected chi connectivity index (χ1v) is 10.1. The number of hydrogen-bond donors (Lipinski definition) is 2. The number of nitrogens with one attached hydrogen (secondary N) is 2. The molecule has 2 atom stereocenters. The highest BCUT2D eigenvalue weighted by Crippen LogP contribution is 2.33. The van der Waals surface area contributed by atoms with Gasteiger partial charge in [-0.05, 0) is 43.0 Å². The van der Waals surface area contributed by atoms with Crippen LogP contribution in [0.3, 0.4) is 0 Å². The van der Waals surface area contributed by atoms with Crippen LogP contribution in [0.25, 0.3) is 0 Å². The zero-order chi connectivity index (χ0) is 20.1. The number of aromatic amines is 1. The number of hydrogen-bond acceptors (Lipinski definition) is 4. The smallest absolute Gasteiger partial charge is 0.251 e. The summed E-state index contributed by atoms with van der Waals surface area (Å²) in [6, 6.07) is 16.1. The fourth-order valence-corrected chi connectivity index (χ4v) is 3.79. The van der Waals surface area contributed by atoms with Crippen molar-refractivity contribution in [1.29, 1.82) is 0 Å². The van der Waals surface area contributed by atoms with Gasteiger partial charge in [0, 0.05) is 31.1 Å². The quantitative estimate of drug-likeness (QED) is 0.674. The molecule has 6 heteroatoms. The molecule has 0 aliphatic carbocycles. The Bertz CT molecular complexity index is 921. The van der Waals surface area contributed by atoms with E-state index in [1.54, 1.807) is 0 Å². The van der Waals surface area contributed by atoms with Gasteiger partial charge in [-0.3, -0.25) is 9.89 Å². The zero-order valence-corrected chi connectivity index (χ0v) is 16.6. The van der Waals surface area contributed by atoms with Crippen molar-refractivity contribution in [2.45, 2.75) is 32.3 Å². The Hall–Kier alpha value is -2.99. The van der Waals surface area contributed by atoms with Crippen LogP contribution < -0.4 is 5.32 Å². The van der Waals surface area contributed by atoms with Crippen LogP contribution in [-0.2, 0) is 11.2 Å². The molecule has 0 radical (unpaired) electrons. The molecule has 1 aromatic heterocycles. The minimum Gasteiger partial charge on any atom is -0.373 e. The molecule has 0 bridgehead atoms. The van der Waals surface area contributed by atoms with Crippen molar-refractivity contribution in [3.8, 4) is 0 Å². The van der Waals surface area contributed by atoms with E-state index < -0.39 is 0 Å². The maximum atomic E-state index is 12.6. The SMILES string of the molecule is Cc1ccc(C2OCCCC2CNC(=O)c2ccc(Cc3ncn[nH]3)cc2)cc1. The average Bonchev–Trinajstić information content (AvgIpc) is 3.26. The third-order valence-electron chi connectivity index (χ3n) is 5.43. The van der Waals surface area contributed by atoms with Crippen LogP contribution in [0, 0.1) is 12.8 Å². The Balaban J connectivity index is 1.35. The van der Waals surface area contributed by atoms with E-state index >= 15 is 0 Å². The Morgan fingerprint density at radius 3 is 2.69 bits per heavy atom. The summed E-state index contributed by atoms with van der Waals surface area (Å²) in [7, 11) is 0. The molecule has 29 heavy (non-hydrogen) atoms. The Labute approximate surface area is 170 Å². The van der Waals surface area contributed by atoms with E-state index in [4.69, 9.17) is 4.74 Å². The number of aromatic nitrogens is 3. The zero-order valence-electron chi connectivity index (χ0n) is 16.6. The number of carbonyl (C=O) groups excluding carboxylic acids is 1. The van der Waals surface area contributed by atoms with Crippen molar-refractivity contribution >= 4 is 5.91 Å². The van der Waals surface area contributed by atoms with Gasteiger partial charge < -0.3 is 10.1 Å². The lowest BCUT2D eigenvalue weighted by Crippen LogP contribution is -2.35. The number of rotatable bonds is 6. The van der Waals surface area contributed by atoms with Crippen molar-refractivity contribution in [3.05, 3.63) is 82.9 Å². The van der Waals surface area contributed by atoms with Gasteiger partial charge in [0.25, 0.3) is 5.91 Å². The number of nitrogens with zero attached hydrogens (tertiary/aromatic N) is 2. The highest BCUT2D eigenvalue weighted by atomic mass is 16.5. The van der Waals surface area contributed by atoms with Crippen molar-refractivity contribution in [3.63, 3.8) is 0 Å². The highest BCUT2D eigenvalue weighted by Gasteiger charge is 2.27. The van der Waals surface area contributed by atoms with Gasteiger partial charge in [-0.15, -0.1) is 0 Å². The van der Waals surface area contributed by atoms with Gasteiger partial charge in [0.1, 0.15) is 12.2 Å². The molecule has 2 aromatic carbocycles. The number of benzene rings is 2. The fraction of sp³-hybridized carbons (Fsp3) is 0.348. The number of ether oxygens (including phenoxy) is 1. The van der Waals surface area contributed by atoms with Crippen LogP contribution in [0.4, 0.5) is 0 Å². The van der Waals surface area contributed by atoms with Crippen molar-refractivity contribution in [2.24, 2.45) is 5.92 Å². The van der Waals surface area contributed by atoms with Gasteiger partial charge in [0.15, 0.2) is 0 Å². The molecule has 2 N–H and O–H groups in total. The van der Waals surface area contributed by atoms with Crippen LogP contribution in [0.1, 0.15) is 51.8 Å². The van der Waals surface area contributed by atoms with E-state index in [9.17, 15) is 4.79 Å². The van der Waals surface area contributed by atoms with Gasteiger partial charge in [0.2, 0.25) is 0 Å². The van der Waals surface area contributed by atoms with Gasteiger partial charge in [-0.1, -0.05) is 42.0 Å². The summed E-state index contributed by atoms with van der Waals surface area (Å²) in [5.74, 6) is 1.03. The monoisotopic (exact) mass is 390 g/mol. The lowest BCUT2D eigenvalue weighted by molar-refractivity contribution is -0.0272. The summed E-state index contributed by atoms with van der Waals surface area (Å²) in [5.41, 5.74) is 4.17. The molecular formula is C23H26N4O2. The molecular weight excluding hydrogens is 364 g/mol. The number of amides is 1. The van der Waals surface area contributed by atoms with Crippen LogP contribution in [0.5, 0.6) is 0 Å². The predicted octanol–water partition coefficient (Wildman–Crippen LogP) is 3.60. The topological polar surface area (TPSA) is 79.9 Å². The van der Waals surface area contributed by atoms with Crippen LogP contribution in [0.2, 0.25) is 0 Å². The van der Waals surface area contributed by atoms with E-state index in [1.165, 1.54) is 17.5 Å². The number of carbonyl (C=O) groups is 1. The molecule has 4 rings (SSSR count). The Kier molecular flexibility index (Phi) is 6.00. The first kappa shape index (κ1) is 19.3. The van der Waals surface area contributed by atoms with Crippen molar-refractivity contribution in [2.75, 3.05) is 13.2 Å². The molecule has 1 amide bonds. The summed E-state index contributed by atoms with van der Waals surface area (Å²) >= 11 is 0. The molecule has 0 spiro atoms. The second-order valence-electron chi connectivity index (χ2n) is 7.62. The van der Waals surface area contributed by atoms with E-state index in [2.05, 4.69) is 51.7 Å². The molecule has 6 nitrogen and oxygen atoms in total. The van der Waals surface area contributed by atoms with Crippen molar-refractivity contribution < 1.29 is 9.53 Å². The number of H-pyrrole nitrogens is 1. The maximum Gasteiger partial charge on any atom is 0.251 e. The second kappa shape index (κ2) is 9.01. The van der Waals surface area contributed by atoms with Gasteiger partial charge in [-0.2, -0.15) is 5.10 Å². The van der Waals surface area contributed by atoms with E-state index in [0.717, 1.165) is 30.8 Å². The second-order valence-corrected chi connectivity index (χ2v) is 7.62. The summed E-state index contributed by atoms with van der Waals surface area (Å²) in [4.78, 5) is 16.8. The third kappa shape index (κ3) is 4.90. The molecule has 1 saturated heterocycles. The minimum atomic E-state index is -0.0514. The van der Waals surface area contributed by atoms with E-state index in [0.29, 0.717) is 18.5 Å². The standard InChI is InChI=1S/C23H26N4O2/c1-16-4-8-18(9-5-16)22-20(3-2-12-29-22)14-24-23(28)19-10-6-17(7-11-19)13-21-25-15-26-27-21/h4-11,15,20,22H,2-3,12-14H2,1H3,(H,24,28)(H,25,26,27). The normalized spacial score (nSPS) is 19.1. The first-order valence-electron chi connectivity index (χ1n) is 10.1. The van der Waals surface area contributed by atoms with E-state index in [-0.39, 0.29) is 17.9 Å². The molecule has 1 aliphatic heterocycles. The summed E-state index contributed by atoms with van der Waals surface area (Å²) in [6.45, 7) is 3.47. The maximum absolute atomic E-state index is 12.6. The predicted molar refractivity (Wildman–Crippen MR) is 111 cm³/mol. The highest BCUT2D eigenvalue weighted by molar-refractivity contribution is 5.94. The van der Waals surface area contributed by atoms with E-state index in [1.807, 2.05) is 24.3 Å². The summed E-state index contributed by atoms with van der Waals surface area (Å²) in [5, 5.41) is 9.80. The third-order valence-corrected chi connectivity index (χ3v) is 5.43. The van der Waals surface area contributed by atoms with Gasteiger partial charge in [-0.25, -0.2) is 4.98 Å². The molecule has 1 aliphatic rings. The van der Waals surface area contributed by atoms with Crippen LogP contribution in [-0.4, -0.2) is 34.2 Å². The van der Waals surface area contributed by atoms with Crippen molar-refractivity contribution in [1.82, 2.24) is 20.5 Å². The lowest BCUT2D eigenvalue weighted by atomic mass is 9.89. The van der Waals surface area contributed by atoms with Crippen LogP contribution in [0.15, 0.2) is 54.9 Å². The summed E-state index contributed by atoms with van der Waals surface area (Å²) in [6.07, 6.45) is 4.28. The average molecular weight is 390 g/mol. The fourth-order valence-electron chi connectivity index (χ4n) is 3.79. The Morgan fingerprint density at radius 2 is 1.97 bits per heavy atom. The van der Waals surface area contributed by atoms with Crippen LogP contribution >= 0.6 is 0 Å². The summed E-state index contributed by atoms with van der Waals surface area (Å²) < 4.78 is 6.05. The molecule has 2 unspecified atom stereocenters.